The van der Waals surface area contributed by atoms with Crippen molar-refractivity contribution in [1.82, 2.24) is 9.78 Å². The average molecular weight is 340 g/mol. The molecule has 2 aliphatic heterocycles. The maximum atomic E-state index is 5.92. The van der Waals surface area contributed by atoms with Gasteiger partial charge in [-0.2, -0.15) is 5.10 Å². The molecule has 1 aromatic rings. The highest BCUT2D eigenvalue weighted by molar-refractivity contribution is 9.10. The lowest BCUT2D eigenvalue weighted by molar-refractivity contribution is 0.0589. The largest absolute Gasteiger partial charge is 0.376 e. The molecule has 2 unspecified atom stereocenters. The van der Waals surface area contributed by atoms with Crippen LogP contribution in [0.3, 0.4) is 0 Å². The number of anilines is 1. The van der Waals surface area contributed by atoms with Crippen molar-refractivity contribution in [2.45, 2.75) is 63.0 Å². The van der Waals surface area contributed by atoms with Gasteiger partial charge in [-0.15, -0.1) is 0 Å². The monoisotopic (exact) mass is 339 g/mol. The molecule has 4 rings (SSSR count). The SMILES string of the molecule is Brc1c(C2CCCC2)nn2c1NCCC2C1CCCO1. The second-order valence-corrected chi connectivity index (χ2v) is 7.10. The second kappa shape index (κ2) is 5.34. The van der Waals surface area contributed by atoms with E-state index in [4.69, 9.17) is 9.84 Å². The first-order valence-electron chi connectivity index (χ1n) is 7.98. The molecule has 2 fully saturated rings. The summed E-state index contributed by atoms with van der Waals surface area (Å²) in [5, 5.41) is 8.51. The van der Waals surface area contributed by atoms with E-state index in [1.807, 2.05) is 0 Å². The van der Waals surface area contributed by atoms with Crippen LogP contribution in [0, 0.1) is 0 Å². The maximum Gasteiger partial charge on any atom is 0.139 e. The van der Waals surface area contributed by atoms with Crippen LogP contribution in [0.4, 0.5) is 5.82 Å². The minimum atomic E-state index is 0.360. The number of hydrogen-bond donors (Lipinski definition) is 1. The van der Waals surface area contributed by atoms with Gasteiger partial charge in [0.2, 0.25) is 0 Å². The van der Waals surface area contributed by atoms with Crippen LogP contribution in [0.15, 0.2) is 4.47 Å². The molecule has 0 bridgehead atoms. The molecule has 0 radical (unpaired) electrons. The Morgan fingerprint density at radius 2 is 2.00 bits per heavy atom. The van der Waals surface area contributed by atoms with E-state index in [9.17, 15) is 0 Å². The molecule has 1 aromatic heterocycles. The summed E-state index contributed by atoms with van der Waals surface area (Å²) in [5.74, 6) is 1.83. The van der Waals surface area contributed by atoms with Crippen molar-refractivity contribution in [2.75, 3.05) is 18.5 Å². The molecule has 3 aliphatic rings. The van der Waals surface area contributed by atoms with Crippen LogP contribution in [0.25, 0.3) is 0 Å². The van der Waals surface area contributed by atoms with Crippen LogP contribution in [0.5, 0.6) is 0 Å². The Bertz CT molecular complexity index is 490. The van der Waals surface area contributed by atoms with Crippen molar-refractivity contribution in [3.05, 3.63) is 10.2 Å². The van der Waals surface area contributed by atoms with Crippen molar-refractivity contribution in [3.63, 3.8) is 0 Å². The fraction of sp³-hybridized carbons (Fsp3) is 0.800. The van der Waals surface area contributed by atoms with Crippen LogP contribution in [-0.4, -0.2) is 29.0 Å². The third kappa shape index (κ3) is 2.10. The van der Waals surface area contributed by atoms with E-state index in [1.54, 1.807) is 0 Å². The van der Waals surface area contributed by atoms with Gasteiger partial charge >= 0.3 is 0 Å². The van der Waals surface area contributed by atoms with Gasteiger partial charge in [-0.25, -0.2) is 4.68 Å². The summed E-state index contributed by atoms with van der Waals surface area (Å²) in [5.41, 5.74) is 1.27. The quantitative estimate of drug-likeness (QED) is 0.889. The molecular weight excluding hydrogens is 318 g/mol. The minimum Gasteiger partial charge on any atom is -0.376 e. The van der Waals surface area contributed by atoms with Gasteiger partial charge in [0.25, 0.3) is 0 Å². The molecule has 1 saturated carbocycles. The van der Waals surface area contributed by atoms with E-state index < -0.39 is 0 Å². The van der Waals surface area contributed by atoms with E-state index in [0.717, 1.165) is 19.6 Å². The molecule has 1 saturated heterocycles. The van der Waals surface area contributed by atoms with E-state index >= 15 is 0 Å². The Morgan fingerprint density at radius 1 is 1.15 bits per heavy atom. The Hall–Kier alpha value is -0.550. The number of rotatable bonds is 2. The smallest absolute Gasteiger partial charge is 0.139 e. The van der Waals surface area contributed by atoms with E-state index in [2.05, 4.69) is 25.9 Å². The second-order valence-electron chi connectivity index (χ2n) is 6.31. The normalized spacial score (nSPS) is 30.4. The molecule has 1 N–H and O–H groups in total. The van der Waals surface area contributed by atoms with Crippen molar-refractivity contribution >= 4 is 21.7 Å². The fourth-order valence-corrected chi connectivity index (χ4v) is 4.73. The maximum absolute atomic E-state index is 5.92. The summed E-state index contributed by atoms with van der Waals surface area (Å²) in [6.07, 6.45) is 9.14. The van der Waals surface area contributed by atoms with Crippen molar-refractivity contribution in [1.29, 1.82) is 0 Å². The summed E-state index contributed by atoms with van der Waals surface area (Å²) < 4.78 is 9.34. The number of fused-ring (bicyclic) bond motifs is 1. The molecule has 110 valence electrons. The summed E-state index contributed by atoms with van der Waals surface area (Å²) in [6.45, 7) is 1.95. The minimum absolute atomic E-state index is 0.360. The van der Waals surface area contributed by atoms with Gasteiger partial charge in [-0.1, -0.05) is 12.8 Å². The van der Waals surface area contributed by atoms with Gasteiger partial charge < -0.3 is 10.1 Å². The Kier molecular flexibility index (Phi) is 3.50. The van der Waals surface area contributed by atoms with Gasteiger partial charge in [-0.3, -0.25) is 0 Å². The molecule has 0 amide bonds. The lowest BCUT2D eigenvalue weighted by Gasteiger charge is -2.29. The van der Waals surface area contributed by atoms with Crippen LogP contribution in [0.2, 0.25) is 0 Å². The number of ether oxygens (including phenoxy) is 1. The van der Waals surface area contributed by atoms with Gasteiger partial charge in [0.05, 0.1) is 22.3 Å². The zero-order valence-electron chi connectivity index (χ0n) is 11.8. The third-order valence-electron chi connectivity index (χ3n) is 5.06. The number of hydrogen-bond acceptors (Lipinski definition) is 3. The van der Waals surface area contributed by atoms with Crippen LogP contribution >= 0.6 is 15.9 Å². The molecule has 1 aliphatic carbocycles. The summed E-state index contributed by atoms with van der Waals surface area (Å²) in [4.78, 5) is 0. The lowest BCUT2D eigenvalue weighted by atomic mass is 10.0. The zero-order valence-corrected chi connectivity index (χ0v) is 13.4. The molecular formula is C15H22BrN3O. The molecule has 4 nitrogen and oxygen atoms in total. The highest BCUT2D eigenvalue weighted by Gasteiger charge is 2.35. The number of halogens is 1. The average Bonchev–Trinajstić information content (AvgIpc) is 3.19. The molecule has 2 atom stereocenters. The van der Waals surface area contributed by atoms with Crippen LogP contribution in [0.1, 0.15) is 62.6 Å². The first kappa shape index (κ1) is 13.1. The van der Waals surface area contributed by atoms with E-state index in [0.29, 0.717) is 18.1 Å². The van der Waals surface area contributed by atoms with Crippen LogP contribution < -0.4 is 5.32 Å². The molecule has 5 heteroatoms. The summed E-state index contributed by atoms with van der Waals surface area (Å²) in [7, 11) is 0. The predicted molar refractivity (Wildman–Crippen MR) is 82.3 cm³/mol. The number of aromatic nitrogens is 2. The highest BCUT2D eigenvalue weighted by atomic mass is 79.9. The summed E-state index contributed by atoms with van der Waals surface area (Å²) in [6, 6.07) is 0.417. The van der Waals surface area contributed by atoms with Gasteiger partial charge in [0, 0.05) is 19.1 Å². The molecule has 20 heavy (non-hydrogen) atoms. The predicted octanol–water partition coefficient (Wildman–Crippen LogP) is 3.84. The van der Waals surface area contributed by atoms with Crippen molar-refractivity contribution < 1.29 is 4.74 Å². The summed E-state index contributed by atoms with van der Waals surface area (Å²) >= 11 is 3.80. The topological polar surface area (TPSA) is 39.1 Å². The third-order valence-corrected chi connectivity index (χ3v) is 5.84. The van der Waals surface area contributed by atoms with Crippen LogP contribution in [-0.2, 0) is 4.74 Å². The Morgan fingerprint density at radius 3 is 2.75 bits per heavy atom. The first-order chi connectivity index (χ1) is 9.84. The molecule has 0 spiro atoms. The highest BCUT2D eigenvalue weighted by Crippen LogP contribution is 2.43. The van der Waals surface area contributed by atoms with Crippen molar-refractivity contribution in [3.8, 4) is 0 Å². The fourth-order valence-electron chi connectivity index (χ4n) is 4.00. The van der Waals surface area contributed by atoms with E-state index in [-0.39, 0.29) is 0 Å². The van der Waals surface area contributed by atoms with Gasteiger partial charge in [0.15, 0.2) is 0 Å². The van der Waals surface area contributed by atoms with Gasteiger partial charge in [-0.05, 0) is 48.0 Å². The first-order valence-corrected chi connectivity index (χ1v) is 8.77. The van der Waals surface area contributed by atoms with Crippen molar-refractivity contribution in [2.24, 2.45) is 0 Å². The Labute approximate surface area is 128 Å². The van der Waals surface area contributed by atoms with E-state index in [1.165, 1.54) is 54.5 Å². The lowest BCUT2D eigenvalue weighted by Crippen LogP contribution is -2.31. The standard InChI is InChI=1S/C15H22BrN3O/c16-13-14(10-4-1-2-5-10)18-19-11(7-8-17-15(13)19)12-6-3-9-20-12/h10-12,17H,1-9H2. The Balaban J connectivity index is 1.68. The molecule has 0 aromatic carbocycles. The zero-order chi connectivity index (χ0) is 13.5. The van der Waals surface area contributed by atoms with Gasteiger partial charge in [0.1, 0.15) is 5.82 Å². The number of nitrogens with zero attached hydrogens (tertiary/aromatic N) is 2. The number of nitrogens with one attached hydrogen (secondary N) is 1. The molecule has 3 heterocycles.